The summed E-state index contributed by atoms with van der Waals surface area (Å²) in [5.41, 5.74) is 7.26. The summed E-state index contributed by atoms with van der Waals surface area (Å²) in [6.07, 6.45) is 8.37. The zero-order valence-electron chi connectivity index (χ0n) is 12.6. The lowest BCUT2D eigenvalue weighted by molar-refractivity contribution is -0.125. The molecular formula is C16H18N4OS. The van der Waals surface area contributed by atoms with Crippen molar-refractivity contribution in [2.45, 2.75) is 11.4 Å². The van der Waals surface area contributed by atoms with Gasteiger partial charge in [0, 0.05) is 42.5 Å². The van der Waals surface area contributed by atoms with E-state index in [1.165, 1.54) is 11.0 Å². The monoisotopic (exact) mass is 314 g/mol. The standard InChI is InChI=1S/C16H18N4OS/c1-20(11-12-4-3-5-14(8-12)22-2)15(21)7-6-13-9-18-16(17)19-10-13/h3-10H,11H2,1-2H3,(H2,17,18,19)/b7-6+. The highest BCUT2D eigenvalue weighted by Crippen LogP contribution is 2.16. The largest absolute Gasteiger partial charge is 0.368 e. The average Bonchev–Trinajstić information content (AvgIpc) is 2.54. The normalized spacial score (nSPS) is 10.8. The average molecular weight is 314 g/mol. The third-order valence-electron chi connectivity index (χ3n) is 3.04. The fourth-order valence-corrected chi connectivity index (χ4v) is 2.34. The van der Waals surface area contributed by atoms with Crippen LogP contribution >= 0.6 is 11.8 Å². The van der Waals surface area contributed by atoms with Gasteiger partial charge in [-0.2, -0.15) is 0 Å². The van der Waals surface area contributed by atoms with E-state index in [4.69, 9.17) is 5.73 Å². The third-order valence-corrected chi connectivity index (χ3v) is 3.77. The van der Waals surface area contributed by atoms with Gasteiger partial charge in [0.25, 0.3) is 0 Å². The molecule has 6 heteroatoms. The lowest BCUT2D eigenvalue weighted by atomic mass is 10.2. The molecule has 5 nitrogen and oxygen atoms in total. The fourth-order valence-electron chi connectivity index (χ4n) is 1.85. The molecule has 0 fully saturated rings. The second kappa shape index (κ2) is 7.61. The molecule has 0 saturated heterocycles. The van der Waals surface area contributed by atoms with Crippen LogP contribution in [0, 0.1) is 0 Å². The lowest BCUT2D eigenvalue weighted by Crippen LogP contribution is -2.24. The van der Waals surface area contributed by atoms with E-state index >= 15 is 0 Å². The van der Waals surface area contributed by atoms with Crippen LogP contribution in [0.5, 0.6) is 0 Å². The SMILES string of the molecule is CSc1cccc(CN(C)C(=O)/C=C/c2cnc(N)nc2)c1. The molecule has 0 radical (unpaired) electrons. The van der Waals surface area contributed by atoms with E-state index in [0.29, 0.717) is 6.54 Å². The summed E-state index contributed by atoms with van der Waals surface area (Å²) in [6, 6.07) is 8.16. The van der Waals surface area contributed by atoms with Gasteiger partial charge >= 0.3 is 0 Å². The van der Waals surface area contributed by atoms with Crippen molar-refractivity contribution in [2.75, 3.05) is 19.0 Å². The summed E-state index contributed by atoms with van der Waals surface area (Å²) in [5, 5.41) is 0. The van der Waals surface area contributed by atoms with Gasteiger partial charge in [0.05, 0.1) is 0 Å². The van der Waals surface area contributed by atoms with Gasteiger partial charge in [0.2, 0.25) is 11.9 Å². The first-order chi connectivity index (χ1) is 10.6. The number of likely N-dealkylation sites (N-methyl/N-ethyl adjacent to an activating group) is 1. The molecular weight excluding hydrogens is 296 g/mol. The topological polar surface area (TPSA) is 72.1 Å². The Morgan fingerprint density at radius 1 is 1.36 bits per heavy atom. The van der Waals surface area contributed by atoms with E-state index in [1.54, 1.807) is 42.2 Å². The van der Waals surface area contributed by atoms with Crippen molar-refractivity contribution in [2.24, 2.45) is 0 Å². The molecule has 22 heavy (non-hydrogen) atoms. The van der Waals surface area contributed by atoms with Crippen LogP contribution in [0.2, 0.25) is 0 Å². The van der Waals surface area contributed by atoms with E-state index in [2.05, 4.69) is 22.1 Å². The lowest BCUT2D eigenvalue weighted by Gasteiger charge is -2.15. The highest BCUT2D eigenvalue weighted by molar-refractivity contribution is 7.98. The summed E-state index contributed by atoms with van der Waals surface area (Å²) in [4.78, 5) is 22.7. The van der Waals surface area contributed by atoms with E-state index in [-0.39, 0.29) is 11.9 Å². The highest BCUT2D eigenvalue weighted by Gasteiger charge is 2.06. The first-order valence-corrected chi connectivity index (χ1v) is 7.94. The number of hydrogen-bond donors (Lipinski definition) is 1. The minimum Gasteiger partial charge on any atom is -0.368 e. The van der Waals surface area contributed by atoms with Crippen LogP contribution in [-0.2, 0) is 11.3 Å². The Balaban J connectivity index is 1.98. The van der Waals surface area contributed by atoms with Crippen molar-refractivity contribution in [3.63, 3.8) is 0 Å². The number of benzene rings is 1. The van der Waals surface area contributed by atoms with Crippen molar-refractivity contribution in [3.8, 4) is 0 Å². The number of rotatable bonds is 5. The number of hydrogen-bond acceptors (Lipinski definition) is 5. The molecule has 0 aliphatic rings. The Bertz CT molecular complexity index is 670. The maximum Gasteiger partial charge on any atom is 0.246 e. The van der Waals surface area contributed by atoms with Crippen molar-refractivity contribution >= 4 is 29.7 Å². The second-order valence-electron chi connectivity index (χ2n) is 4.75. The number of carbonyl (C=O) groups is 1. The number of nitrogens with two attached hydrogens (primary N) is 1. The number of amides is 1. The maximum atomic E-state index is 12.1. The molecule has 0 atom stereocenters. The van der Waals surface area contributed by atoms with Crippen molar-refractivity contribution in [1.82, 2.24) is 14.9 Å². The number of anilines is 1. The van der Waals surface area contributed by atoms with Crippen LogP contribution in [0.25, 0.3) is 6.08 Å². The van der Waals surface area contributed by atoms with Crippen LogP contribution in [-0.4, -0.2) is 34.1 Å². The molecule has 0 aliphatic carbocycles. The molecule has 0 unspecified atom stereocenters. The molecule has 1 aromatic heterocycles. The molecule has 0 saturated carbocycles. The van der Waals surface area contributed by atoms with E-state index in [1.807, 2.05) is 18.4 Å². The van der Waals surface area contributed by atoms with Crippen molar-refractivity contribution in [3.05, 3.63) is 53.9 Å². The van der Waals surface area contributed by atoms with E-state index in [9.17, 15) is 4.79 Å². The molecule has 1 heterocycles. The fraction of sp³-hybridized carbons (Fsp3) is 0.188. The van der Waals surface area contributed by atoms with Gasteiger partial charge < -0.3 is 10.6 Å². The van der Waals surface area contributed by atoms with Gasteiger partial charge in [-0.3, -0.25) is 4.79 Å². The Kier molecular flexibility index (Phi) is 5.55. The van der Waals surface area contributed by atoms with Gasteiger partial charge in [-0.15, -0.1) is 11.8 Å². The van der Waals surface area contributed by atoms with E-state index < -0.39 is 0 Å². The summed E-state index contributed by atoms with van der Waals surface area (Å²) < 4.78 is 0. The van der Waals surface area contributed by atoms with Gasteiger partial charge in [-0.1, -0.05) is 12.1 Å². The molecule has 114 valence electrons. The molecule has 2 N–H and O–H groups in total. The molecule has 1 aromatic carbocycles. The Morgan fingerprint density at radius 3 is 2.77 bits per heavy atom. The first-order valence-electron chi connectivity index (χ1n) is 6.72. The maximum absolute atomic E-state index is 12.1. The minimum atomic E-state index is -0.0774. The predicted octanol–water partition coefficient (Wildman–Crippen LogP) is 2.45. The van der Waals surface area contributed by atoms with Crippen LogP contribution in [0.15, 0.2) is 47.6 Å². The zero-order valence-corrected chi connectivity index (χ0v) is 13.4. The van der Waals surface area contributed by atoms with Crippen molar-refractivity contribution < 1.29 is 4.79 Å². The molecule has 2 aromatic rings. The predicted molar refractivity (Wildman–Crippen MR) is 90.2 cm³/mol. The Labute approximate surface area is 134 Å². The van der Waals surface area contributed by atoms with Gasteiger partial charge in [-0.05, 0) is 30.0 Å². The van der Waals surface area contributed by atoms with Gasteiger partial charge in [0.1, 0.15) is 0 Å². The smallest absolute Gasteiger partial charge is 0.246 e. The van der Waals surface area contributed by atoms with Gasteiger partial charge in [-0.25, -0.2) is 9.97 Å². The summed E-state index contributed by atoms with van der Waals surface area (Å²) in [5.74, 6) is 0.139. The van der Waals surface area contributed by atoms with Crippen LogP contribution in [0.3, 0.4) is 0 Å². The van der Waals surface area contributed by atoms with E-state index in [0.717, 1.165) is 11.1 Å². The van der Waals surface area contributed by atoms with Crippen LogP contribution < -0.4 is 5.73 Å². The van der Waals surface area contributed by atoms with Gasteiger partial charge in [0.15, 0.2) is 0 Å². The Morgan fingerprint density at radius 2 is 2.09 bits per heavy atom. The molecule has 0 aliphatic heterocycles. The highest BCUT2D eigenvalue weighted by atomic mass is 32.2. The summed E-state index contributed by atoms with van der Waals surface area (Å²) in [6.45, 7) is 0.565. The first kappa shape index (κ1) is 16.0. The summed E-state index contributed by atoms with van der Waals surface area (Å²) >= 11 is 1.69. The number of aromatic nitrogens is 2. The molecule has 1 amide bonds. The summed E-state index contributed by atoms with van der Waals surface area (Å²) in [7, 11) is 1.78. The van der Waals surface area contributed by atoms with Crippen LogP contribution in [0.4, 0.5) is 5.95 Å². The molecule has 0 spiro atoms. The van der Waals surface area contributed by atoms with Crippen LogP contribution in [0.1, 0.15) is 11.1 Å². The quantitative estimate of drug-likeness (QED) is 0.678. The number of nitrogen functional groups attached to an aromatic ring is 1. The number of nitrogens with zero attached hydrogens (tertiary/aromatic N) is 3. The number of carbonyl (C=O) groups excluding carboxylic acids is 1. The third kappa shape index (κ3) is 4.60. The molecule has 2 rings (SSSR count). The number of thioether (sulfide) groups is 1. The Hall–Kier alpha value is -2.34. The zero-order chi connectivity index (χ0) is 15.9. The van der Waals surface area contributed by atoms with Crippen molar-refractivity contribution in [1.29, 1.82) is 0 Å². The molecule has 0 bridgehead atoms. The second-order valence-corrected chi connectivity index (χ2v) is 5.63. The minimum absolute atomic E-state index is 0.0774.